The van der Waals surface area contributed by atoms with Gasteiger partial charge in [0.2, 0.25) is 5.91 Å². The molecular weight excluding hydrogens is 226 g/mol. The van der Waals surface area contributed by atoms with Crippen molar-refractivity contribution in [2.24, 2.45) is 17.3 Å². The maximum absolute atomic E-state index is 11.8. The standard InChI is InChI=1S/C9H13N5O3/c1-9(2)5(6(9)8(16)17)7(15)10-3-4-11-13-14-12-4/h5-6H,3H2,1-2H3,(H,10,15)(H,16,17)(H,11,12,13,14). The smallest absolute Gasteiger partial charge is 0.307 e. The lowest BCUT2D eigenvalue weighted by Crippen LogP contribution is -2.27. The predicted octanol–water partition coefficient (Wildman–Crippen LogP) is -0.827. The molecule has 1 heterocycles. The summed E-state index contributed by atoms with van der Waals surface area (Å²) in [4.78, 5) is 22.7. The zero-order chi connectivity index (χ0) is 12.6. The molecule has 2 unspecified atom stereocenters. The molecule has 8 heteroatoms. The Morgan fingerprint density at radius 1 is 1.47 bits per heavy atom. The van der Waals surface area contributed by atoms with Gasteiger partial charge in [0.05, 0.1) is 18.4 Å². The van der Waals surface area contributed by atoms with Crippen LogP contribution in [0.5, 0.6) is 0 Å². The highest BCUT2D eigenvalue weighted by atomic mass is 16.4. The quantitative estimate of drug-likeness (QED) is 0.630. The number of aromatic amines is 1. The van der Waals surface area contributed by atoms with E-state index in [-0.39, 0.29) is 12.5 Å². The van der Waals surface area contributed by atoms with Gasteiger partial charge in [-0.2, -0.15) is 5.21 Å². The number of hydrogen-bond donors (Lipinski definition) is 3. The fourth-order valence-electron chi connectivity index (χ4n) is 2.12. The monoisotopic (exact) mass is 239 g/mol. The number of hydrogen-bond acceptors (Lipinski definition) is 5. The fourth-order valence-corrected chi connectivity index (χ4v) is 2.12. The molecule has 1 aliphatic rings. The molecule has 1 fully saturated rings. The van der Waals surface area contributed by atoms with Gasteiger partial charge in [0.25, 0.3) is 0 Å². The number of rotatable bonds is 4. The van der Waals surface area contributed by atoms with Crippen LogP contribution in [-0.4, -0.2) is 37.6 Å². The van der Waals surface area contributed by atoms with Crippen LogP contribution in [0.25, 0.3) is 0 Å². The Kier molecular flexibility index (Phi) is 2.56. The second-order valence-corrected chi connectivity index (χ2v) is 4.66. The van der Waals surface area contributed by atoms with Crippen molar-refractivity contribution in [3.63, 3.8) is 0 Å². The number of aliphatic carboxylic acids is 1. The van der Waals surface area contributed by atoms with E-state index in [1.54, 1.807) is 13.8 Å². The maximum atomic E-state index is 11.8. The van der Waals surface area contributed by atoms with Gasteiger partial charge >= 0.3 is 5.97 Å². The molecule has 1 aliphatic carbocycles. The molecule has 0 radical (unpaired) electrons. The van der Waals surface area contributed by atoms with E-state index >= 15 is 0 Å². The SMILES string of the molecule is CC1(C)C(C(=O)O)C1C(=O)NCc1nn[nH]n1. The molecular formula is C9H13N5O3. The Morgan fingerprint density at radius 2 is 2.18 bits per heavy atom. The number of tetrazole rings is 1. The van der Waals surface area contributed by atoms with Gasteiger partial charge in [-0.1, -0.05) is 19.1 Å². The number of carbonyl (C=O) groups is 2. The molecule has 0 aromatic carbocycles. The average molecular weight is 239 g/mol. The summed E-state index contributed by atoms with van der Waals surface area (Å²) in [5.74, 6) is -1.97. The number of amides is 1. The molecule has 1 amide bonds. The minimum atomic E-state index is -0.935. The molecule has 8 nitrogen and oxygen atoms in total. The summed E-state index contributed by atoms with van der Waals surface area (Å²) in [5.41, 5.74) is -0.493. The first-order valence-corrected chi connectivity index (χ1v) is 5.17. The van der Waals surface area contributed by atoms with Gasteiger partial charge in [0, 0.05) is 0 Å². The van der Waals surface area contributed by atoms with Crippen molar-refractivity contribution in [1.29, 1.82) is 0 Å². The molecule has 1 aromatic rings. The Bertz CT molecular complexity index is 441. The summed E-state index contributed by atoms with van der Waals surface area (Å²) in [6, 6.07) is 0. The first kappa shape index (κ1) is 11.5. The van der Waals surface area contributed by atoms with Crippen LogP contribution in [-0.2, 0) is 16.1 Å². The predicted molar refractivity (Wildman–Crippen MR) is 54.4 cm³/mol. The van der Waals surface area contributed by atoms with Crippen molar-refractivity contribution >= 4 is 11.9 Å². The molecule has 17 heavy (non-hydrogen) atoms. The van der Waals surface area contributed by atoms with Crippen molar-refractivity contribution in [2.75, 3.05) is 0 Å². The molecule has 2 rings (SSSR count). The highest BCUT2D eigenvalue weighted by molar-refractivity contribution is 5.91. The van der Waals surface area contributed by atoms with Crippen LogP contribution in [0.4, 0.5) is 0 Å². The second kappa shape index (κ2) is 3.79. The van der Waals surface area contributed by atoms with Gasteiger partial charge < -0.3 is 10.4 Å². The van der Waals surface area contributed by atoms with Crippen LogP contribution in [0.15, 0.2) is 0 Å². The van der Waals surface area contributed by atoms with E-state index < -0.39 is 23.2 Å². The lowest BCUT2D eigenvalue weighted by Gasteiger charge is -2.02. The number of nitrogens with one attached hydrogen (secondary N) is 2. The largest absolute Gasteiger partial charge is 0.481 e. The van der Waals surface area contributed by atoms with E-state index in [9.17, 15) is 9.59 Å². The van der Waals surface area contributed by atoms with E-state index in [1.807, 2.05) is 0 Å². The number of carboxylic acids is 1. The summed E-state index contributed by atoms with van der Waals surface area (Å²) in [5, 5.41) is 24.5. The molecule has 3 N–H and O–H groups in total. The van der Waals surface area contributed by atoms with Gasteiger partial charge in [-0.05, 0) is 5.41 Å². The number of carbonyl (C=O) groups excluding carboxylic acids is 1. The Morgan fingerprint density at radius 3 is 2.65 bits per heavy atom. The third kappa shape index (κ3) is 1.97. The maximum Gasteiger partial charge on any atom is 0.307 e. The van der Waals surface area contributed by atoms with Crippen LogP contribution in [0.1, 0.15) is 19.7 Å². The van der Waals surface area contributed by atoms with Gasteiger partial charge in [-0.25, -0.2) is 0 Å². The summed E-state index contributed by atoms with van der Waals surface area (Å²) in [7, 11) is 0. The van der Waals surface area contributed by atoms with Crippen LogP contribution in [0.2, 0.25) is 0 Å². The normalized spacial score (nSPS) is 25.3. The van der Waals surface area contributed by atoms with Crippen LogP contribution >= 0.6 is 0 Å². The number of carboxylic acid groups (broad SMARTS) is 1. The molecule has 92 valence electrons. The van der Waals surface area contributed by atoms with Crippen LogP contribution in [0, 0.1) is 17.3 Å². The van der Waals surface area contributed by atoms with E-state index in [0.717, 1.165) is 0 Å². The molecule has 0 spiro atoms. The zero-order valence-corrected chi connectivity index (χ0v) is 9.47. The van der Waals surface area contributed by atoms with E-state index in [4.69, 9.17) is 5.11 Å². The molecule has 0 bridgehead atoms. The lowest BCUT2D eigenvalue weighted by atomic mass is 10.1. The minimum Gasteiger partial charge on any atom is -0.481 e. The first-order valence-electron chi connectivity index (χ1n) is 5.17. The lowest BCUT2D eigenvalue weighted by molar-refractivity contribution is -0.140. The van der Waals surface area contributed by atoms with Gasteiger partial charge in [0.15, 0.2) is 5.82 Å². The third-order valence-electron chi connectivity index (χ3n) is 3.19. The Hall–Kier alpha value is -1.99. The average Bonchev–Trinajstić information content (AvgIpc) is 2.65. The highest BCUT2D eigenvalue weighted by Crippen LogP contribution is 2.58. The molecule has 1 saturated carbocycles. The van der Waals surface area contributed by atoms with Crippen molar-refractivity contribution in [3.05, 3.63) is 5.82 Å². The Balaban J connectivity index is 1.92. The van der Waals surface area contributed by atoms with E-state index in [1.165, 1.54) is 0 Å². The fraction of sp³-hybridized carbons (Fsp3) is 0.667. The number of nitrogens with zero attached hydrogens (tertiary/aromatic N) is 3. The van der Waals surface area contributed by atoms with Crippen molar-refractivity contribution in [1.82, 2.24) is 25.9 Å². The van der Waals surface area contributed by atoms with E-state index in [0.29, 0.717) is 5.82 Å². The molecule has 0 saturated heterocycles. The summed E-state index contributed by atoms with van der Waals surface area (Å²) >= 11 is 0. The van der Waals surface area contributed by atoms with Gasteiger partial charge in [-0.3, -0.25) is 9.59 Å². The molecule has 0 aliphatic heterocycles. The number of aromatic nitrogens is 4. The molecule has 2 atom stereocenters. The van der Waals surface area contributed by atoms with Gasteiger partial charge in [-0.15, -0.1) is 10.2 Å². The Labute approximate surface area is 96.8 Å². The first-order chi connectivity index (χ1) is 7.94. The summed E-state index contributed by atoms with van der Waals surface area (Å²) in [6.07, 6.45) is 0. The van der Waals surface area contributed by atoms with Crippen LogP contribution in [0.3, 0.4) is 0 Å². The second-order valence-electron chi connectivity index (χ2n) is 4.66. The topological polar surface area (TPSA) is 121 Å². The highest BCUT2D eigenvalue weighted by Gasteiger charge is 2.65. The summed E-state index contributed by atoms with van der Waals surface area (Å²) < 4.78 is 0. The van der Waals surface area contributed by atoms with Crippen molar-refractivity contribution in [2.45, 2.75) is 20.4 Å². The van der Waals surface area contributed by atoms with E-state index in [2.05, 4.69) is 25.9 Å². The summed E-state index contributed by atoms with van der Waals surface area (Å²) in [6.45, 7) is 3.68. The van der Waals surface area contributed by atoms with Crippen molar-refractivity contribution in [3.8, 4) is 0 Å². The van der Waals surface area contributed by atoms with Gasteiger partial charge in [0.1, 0.15) is 0 Å². The van der Waals surface area contributed by atoms with Crippen molar-refractivity contribution < 1.29 is 14.7 Å². The minimum absolute atomic E-state index is 0.147. The third-order valence-corrected chi connectivity index (χ3v) is 3.19. The zero-order valence-electron chi connectivity index (χ0n) is 9.47. The molecule has 1 aromatic heterocycles. The van der Waals surface area contributed by atoms with Crippen LogP contribution < -0.4 is 5.32 Å². The number of H-pyrrole nitrogens is 1.